The summed E-state index contributed by atoms with van der Waals surface area (Å²) in [6, 6.07) is 1.09. The molecule has 0 saturated heterocycles. The van der Waals surface area contributed by atoms with Crippen LogP contribution in [0.2, 0.25) is 0 Å². The summed E-state index contributed by atoms with van der Waals surface area (Å²) in [5.74, 6) is -74.8. The molecule has 9 atom stereocenters. The second-order valence-electron chi connectivity index (χ2n) is 31.7. The molecular formula is C85H58O51. The predicted octanol–water partition coefficient (Wildman–Crippen LogP) is 4.47. The Morgan fingerprint density at radius 3 is 1.04 bits per heavy atom. The highest BCUT2D eigenvalue weighted by atomic mass is 16.7. The summed E-state index contributed by atoms with van der Waals surface area (Å²) in [4.78, 5) is 154. The molecule has 136 heavy (non-hydrogen) atoms. The summed E-state index contributed by atoms with van der Waals surface area (Å²) < 4.78 is 64.1. The maximum atomic E-state index is 16.3. The van der Waals surface area contributed by atoms with Crippen molar-refractivity contribution in [3.05, 3.63) is 109 Å². The number of hydrogen-bond donors (Lipinski definition) is 30. The molecule has 1 unspecified atom stereocenters. The van der Waals surface area contributed by atoms with E-state index < -0.39 is 433 Å². The van der Waals surface area contributed by atoms with Crippen LogP contribution in [0.4, 0.5) is 0 Å². The Morgan fingerprint density at radius 2 is 0.581 bits per heavy atom. The number of aliphatic hydroxyl groups is 1. The van der Waals surface area contributed by atoms with Crippen LogP contribution in [0.5, 0.6) is 178 Å². The van der Waals surface area contributed by atoms with Gasteiger partial charge in [-0.15, -0.1) is 0 Å². The first kappa shape index (κ1) is 88.9. The van der Waals surface area contributed by atoms with Crippen LogP contribution in [-0.2, 0) is 58.4 Å². The number of phenolic OH excluding ortho intramolecular Hbond substituents is 29. The number of carbonyl (C=O) groups is 10. The van der Waals surface area contributed by atoms with Crippen molar-refractivity contribution in [2.24, 2.45) is 0 Å². The second-order valence-corrected chi connectivity index (χ2v) is 31.7. The maximum Gasteiger partial charge on any atom is 0.342 e. The lowest BCUT2D eigenvalue weighted by Crippen LogP contribution is -2.60. The monoisotopic (exact) mass is 1890 g/mol. The van der Waals surface area contributed by atoms with E-state index in [4.69, 9.17) is 52.1 Å². The summed E-state index contributed by atoms with van der Waals surface area (Å²) in [5, 5.41) is 348. The minimum Gasteiger partial charge on any atom is -0.504 e. The Balaban J connectivity index is 0.869. The van der Waals surface area contributed by atoms with Gasteiger partial charge < -0.3 is 205 Å². The summed E-state index contributed by atoms with van der Waals surface area (Å²) in [5.41, 5.74) is -37.5. The number of fused-ring (bicyclic) bond motifs is 13. The molecule has 9 aliphatic heterocycles. The highest BCUT2D eigenvalue weighted by Gasteiger charge is 2.62. The smallest absolute Gasteiger partial charge is 0.342 e. The molecule has 10 bridgehead atoms. The molecule has 704 valence electrons. The van der Waals surface area contributed by atoms with E-state index in [1.54, 1.807) is 0 Å². The van der Waals surface area contributed by atoms with Gasteiger partial charge in [0.1, 0.15) is 24.4 Å². The molecule has 10 aromatic rings. The first-order chi connectivity index (χ1) is 63.7. The van der Waals surface area contributed by atoms with Gasteiger partial charge in [-0.05, 0) is 37.3 Å². The molecule has 9 heterocycles. The van der Waals surface area contributed by atoms with Crippen LogP contribution < -0.4 is 4.74 Å². The minimum absolute atomic E-state index is 0.0172. The van der Waals surface area contributed by atoms with E-state index in [2.05, 4.69) is 0 Å². The third-order valence-corrected chi connectivity index (χ3v) is 23.7. The first-order valence-electron chi connectivity index (χ1n) is 38.3. The topological polar surface area (TPSA) is 879 Å². The summed E-state index contributed by atoms with van der Waals surface area (Å²) in [6.45, 7) is -1.30. The molecule has 51 nitrogen and oxygen atoms in total. The van der Waals surface area contributed by atoms with E-state index in [0.29, 0.717) is 6.92 Å². The number of ether oxygens (including phenoxy) is 11. The number of hydrogen-bond acceptors (Lipinski definition) is 51. The predicted molar refractivity (Wildman–Crippen MR) is 425 cm³/mol. The zero-order valence-corrected chi connectivity index (χ0v) is 67.6. The Kier molecular flexibility index (Phi) is 19.6. The first-order valence-corrected chi connectivity index (χ1v) is 38.3. The molecule has 10 aromatic carbocycles. The summed E-state index contributed by atoms with van der Waals surface area (Å²) >= 11 is 0. The van der Waals surface area contributed by atoms with Crippen molar-refractivity contribution in [2.75, 3.05) is 13.2 Å². The quantitative estimate of drug-likeness (QED) is 0.0642. The van der Waals surface area contributed by atoms with Crippen molar-refractivity contribution in [2.45, 2.75) is 80.6 Å². The lowest BCUT2D eigenvalue weighted by Gasteiger charge is -2.46. The highest BCUT2D eigenvalue weighted by molar-refractivity contribution is 6.18. The average Bonchev–Trinajstić information content (AvgIpc) is 0.916. The van der Waals surface area contributed by atoms with Gasteiger partial charge >= 0.3 is 59.7 Å². The van der Waals surface area contributed by atoms with E-state index in [1.165, 1.54) is 0 Å². The molecular weight excluding hydrogens is 1840 g/mol. The van der Waals surface area contributed by atoms with E-state index in [0.717, 1.165) is 13.8 Å². The molecule has 0 amide bonds. The standard InChI is InChI=1S/C85H58O51/c1-84(2)42-40-36(58(106)64(112)61(42)109)34-17(8-24(90)48(96)55(34)103)78(119)133-70(72(84)135-82(40)123)68-27(11-126-74(115)13-4-20(86)44(92)51(99)29(13)31-15(77(118)131-68)6-22(88)46(94)53(31)101)130-80(121)19-9-25(91)49(97)66(114)67(19)128-26-10-18-32(56(104)50(26)98)30-14(5-21(87)45(93)52(30)100)75(116)127-12-28-69(132-79(18)120)71-73-85(3,125)43-41(83(124)136-73)38(60(108)65(113)62(43)110)37-39(81(122)134-71)35(57(105)63(111)59(37)107)33-16(76(117)129-28)7-23(89)47(95)54(33)102/h4-10,27-28,68-73,86-114,125H,11-12H2,1-3H3/t27-,28+,68-,69+,70+,71+,72-,73?,85+/m1/s1. The zero-order chi connectivity index (χ0) is 99.1. The molecule has 0 saturated carbocycles. The molecule has 30 N–H and O–H groups in total. The largest absolute Gasteiger partial charge is 0.504 e. The SMILES string of the molecule is CC1(C)c2c(O)c(O)c(O)c3c2C(=O)O[C@@H]1[C@H]([C@@H]1OC(=O)c2cc(O)c(O)c(O)c2-c2c(cc(O)c(O)c2O)C(=O)OC[C@H]1OC(=O)c1cc(O)c(O)c(O)c1Oc1cc2c(c(O)c1O)-c1c(cc(O)c(O)c1O)C(=O)OC[C@@H]1OC(=O)c4cc(O)c(O)c(O)c4-c4c(O)c(O)c(O)c5c4C(=O)O[C@H](C4OC(=O)c6c-5c(O)c(O)c(O)c6[C@]4(C)O)[C@H]1OC2=O)OC(=O)c1cc(O)c(O)c(O)c1-3. The average molecular weight is 1900 g/mol. The zero-order valence-electron chi connectivity index (χ0n) is 67.6. The molecule has 0 spiro atoms. The lowest BCUT2D eigenvalue weighted by atomic mass is 9.69. The Morgan fingerprint density at radius 1 is 0.279 bits per heavy atom. The molecule has 0 aliphatic carbocycles. The van der Waals surface area contributed by atoms with Crippen molar-refractivity contribution in [1.82, 2.24) is 0 Å². The van der Waals surface area contributed by atoms with E-state index in [9.17, 15) is 158 Å². The van der Waals surface area contributed by atoms with Gasteiger partial charge in [0.05, 0.1) is 50.1 Å². The minimum atomic E-state index is -3.49. The third kappa shape index (κ3) is 12.4. The van der Waals surface area contributed by atoms with Gasteiger partial charge in [0.15, 0.2) is 164 Å². The molecule has 0 fully saturated rings. The number of carbonyl (C=O) groups excluding carboxylic acids is 10. The van der Waals surface area contributed by atoms with Crippen LogP contribution in [-0.4, -0.2) is 275 Å². The van der Waals surface area contributed by atoms with Gasteiger partial charge in [-0.25, -0.2) is 47.9 Å². The van der Waals surface area contributed by atoms with Crippen LogP contribution in [0.3, 0.4) is 0 Å². The fraction of sp³-hybridized carbons (Fsp3) is 0.176. The van der Waals surface area contributed by atoms with E-state index in [1.807, 2.05) is 0 Å². The normalized spacial score (nSPS) is 20.6. The van der Waals surface area contributed by atoms with Crippen LogP contribution >= 0.6 is 0 Å². The summed E-state index contributed by atoms with van der Waals surface area (Å²) in [7, 11) is 0. The van der Waals surface area contributed by atoms with Crippen LogP contribution in [0, 0.1) is 0 Å². The number of rotatable bonds is 5. The Labute approximate surface area is 747 Å². The molecule has 51 heteroatoms. The van der Waals surface area contributed by atoms with E-state index in [-0.39, 0.29) is 42.5 Å². The molecule has 0 aromatic heterocycles. The van der Waals surface area contributed by atoms with Crippen LogP contribution in [0.15, 0.2) is 42.5 Å². The number of aromatic hydroxyl groups is 29. The lowest BCUT2D eigenvalue weighted by molar-refractivity contribution is -0.181. The maximum absolute atomic E-state index is 16.3. The fourth-order valence-corrected chi connectivity index (χ4v) is 17.3. The van der Waals surface area contributed by atoms with Crippen molar-refractivity contribution < 1.29 is 253 Å². The molecule has 9 aliphatic rings. The van der Waals surface area contributed by atoms with Gasteiger partial charge in [0.25, 0.3) is 0 Å². The Hall–Kier alpha value is -19.1. The third-order valence-electron chi connectivity index (χ3n) is 23.7. The molecule has 19 rings (SSSR count). The highest BCUT2D eigenvalue weighted by Crippen LogP contribution is 2.66. The number of phenols is 29. The van der Waals surface area contributed by atoms with Crippen LogP contribution in [0.1, 0.15) is 135 Å². The van der Waals surface area contributed by atoms with Gasteiger partial charge in [-0.1, -0.05) is 13.8 Å². The van der Waals surface area contributed by atoms with E-state index >= 15 is 43.2 Å². The number of esters is 10. The van der Waals surface area contributed by atoms with Crippen molar-refractivity contribution in [1.29, 1.82) is 0 Å². The second kappa shape index (κ2) is 30.0. The van der Waals surface area contributed by atoms with Gasteiger partial charge in [-0.3, -0.25) is 0 Å². The molecule has 0 radical (unpaired) electrons. The van der Waals surface area contributed by atoms with Crippen molar-refractivity contribution in [3.8, 4) is 234 Å². The van der Waals surface area contributed by atoms with Crippen LogP contribution in [0.25, 0.3) is 55.6 Å². The van der Waals surface area contributed by atoms with Crippen molar-refractivity contribution in [3.63, 3.8) is 0 Å². The van der Waals surface area contributed by atoms with Crippen molar-refractivity contribution >= 4 is 59.7 Å². The Bertz CT molecular complexity index is 7290. The fourth-order valence-electron chi connectivity index (χ4n) is 17.3. The summed E-state index contributed by atoms with van der Waals surface area (Å²) in [6.07, 6.45) is -24.5. The number of cyclic esters (lactones) is 3. The number of benzene rings is 10. The van der Waals surface area contributed by atoms with Gasteiger partial charge in [0, 0.05) is 84.3 Å². The van der Waals surface area contributed by atoms with Gasteiger partial charge in [0.2, 0.25) is 63.2 Å². The van der Waals surface area contributed by atoms with Gasteiger partial charge in [-0.2, -0.15) is 0 Å².